The molecule has 1 heterocycles. The molecule has 17 heavy (non-hydrogen) atoms. The summed E-state index contributed by atoms with van der Waals surface area (Å²) in [5.41, 5.74) is 0. The number of alkyl halides is 3. The van der Waals surface area contributed by atoms with Crippen molar-refractivity contribution in [2.45, 2.75) is 12.3 Å². The SMILES string of the molecule is OCC(Oc1cc(I)nc(Br)c1O)C(F)(F)F. The van der Waals surface area contributed by atoms with Crippen molar-refractivity contribution in [3.05, 3.63) is 14.4 Å². The van der Waals surface area contributed by atoms with Crippen molar-refractivity contribution in [2.24, 2.45) is 0 Å². The molecular formula is C8H6BrF3INO3. The van der Waals surface area contributed by atoms with E-state index in [1.807, 2.05) is 0 Å². The van der Waals surface area contributed by atoms with Crippen LogP contribution >= 0.6 is 38.5 Å². The van der Waals surface area contributed by atoms with Gasteiger partial charge in [0, 0.05) is 6.07 Å². The Balaban J connectivity index is 3.02. The number of ether oxygens (including phenoxy) is 1. The van der Waals surface area contributed by atoms with E-state index in [2.05, 4.69) is 25.7 Å². The Hall–Kier alpha value is -0.290. The van der Waals surface area contributed by atoms with Gasteiger partial charge in [-0.15, -0.1) is 0 Å². The highest BCUT2D eigenvalue weighted by Crippen LogP contribution is 2.36. The van der Waals surface area contributed by atoms with Gasteiger partial charge >= 0.3 is 6.18 Å². The Labute approximate surface area is 116 Å². The lowest BCUT2D eigenvalue weighted by Gasteiger charge is -2.20. The number of hydrogen-bond donors (Lipinski definition) is 2. The molecule has 0 spiro atoms. The minimum Gasteiger partial charge on any atom is -0.502 e. The van der Waals surface area contributed by atoms with Gasteiger partial charge in [-0.3, -0.25) is 0 Å². The number of aromatic nitrogens is 1. The number of nitrogens with zero attached hydrogens (tertiary/aromatic N) is 1. The van der Waals surface area contributed by atoms with Crippen LogP contribution in [-0.4, -0.2) is 34.1 Å². The van der Waals surface area contributed by atoms with E-state index in [1.165, 1.54) is 0 Å². The smallest absolute Gasteiger partial charge is 0.427 e. The normalized spacial score (nSPS) is 13.5. The monoisotopic (exact) mass is 427 g/mol. The average molecular weight is 428 g/mol. The third-order valence-electron chi connectivity index (χ3n) is 1.68. The lowest BCUT2D eigenvalue weighted by atomic mass is 10.3. The van der Waals surface area contributed by atoms with Gasteiger partial charge in [0.05, 0.1) is 6.61 Å². The molecule has 0 aliphatic rings. The summed E-state index contributed by atoms with van der Waals surface area (Å²) in [4.78, 5) is 3.76. The molecule has 0 aromatic carbocycles. The average Bonchev–Trinajstić information content (AvgIpc) is 2.19. The second-order valence-corrected chi connectivity index (χ2v) is 4.77. The molecular weight excluding hydrogens is 422 g/mol. The molecule has 2 N–H and O–H groups in total. The molecule has 96 valence electrons. The molecule has 4 nitrogen and oxygen atoms in total. The molecule has 0 saturated carbocycles. The number of pyridine rings is 1. The zero-order chi connectivity index (χ0) is 13.2. The third-order valence-corrected chi connectivity index (χ3v) is 2.79. The molecule has 1 rings (SSSR count). The quantitative estimate of drug-likeness (QED) is 0.574. The van der Waals surface area contributed by atoms with Gasteiger partial charge in [0.2, 0.25) is 6.10 Å². The van der Waals surface area contributed by atoms with Crippen molar-refractivity contribution in [1.29, 1.82) is 0 Å². The van der Waals surface area contributed by atoms with Crippen molar-refractivity contribution >= 4 is 38.5 Å². The van der Waals surface area contributed by atoms with E-state index in [9.17, 15) is 18.3 Å². The summed E-state index contributed by atoms with van der Waals surface area (Å²) in [6.07, 6.45) is -7.11. The summed E-state index contributed by atoms with van der Waals surface area (Å²) in [7, 11) is 0. The van der Waals surface area contributed by atoms with E-state index >= 15 is 0 Å². The first-order chi connectivity index (χ1) is 7.75. The number of aliphatic hydroxyl groups excluding tert-OH is 1. The summed E-state index contributed by atoms with van der Waals surface area (Å²) in [5, 5.41) is 18.0. The molecule has 1 atom stereocenters. The third kappa shape index (κ3) is 3.85. The minimum absolute atomic E-state index is 0.0294. The maximum Gasteiger partial charge on any atom is 0.427 e. The molecule has 0 bridgehead atoms. The highest BCUT2D eigenvalue weighted by molar-refractivity contribution is 14.1. The highest BCUT2D eigenvalue weighted by atomic mass is 127. The Morgan fingerprint density at radius 2 is 2.12 bits per heavy atom. The Morgan fingerprint density at radius 1 is 1.53 bits per heavy atom. The highest BCUT2D eigenvalue weighted by Gasteiger charge is 2.41. The maximum absolute atomic E-state index is 12.3. The number of rotatable bonds is 3. The van der Waals surface area contributed by atoms with Gasteiger partial charge in [-0.2, -0.15) is 13.2 Å². The zero-order valence-electron chi connectivity index (χ0n) is 8.00. The molecule has 0 aliphatic carbocycles. The summed E-state index contributed by atoms with van der Waals surface area (Å²) < 4.78 is 41.9. The van der Waals surface area contributed by atoms with Gasteiger partial charge in [0.15, 0.2) is 16.1 Å². The minimum atomic E-state index is -4.72. The first-order valence-corrected chi connectivity index (χ1v) is 6.02. The first kappa shape index (κ1) is 14.8. The van der Waals surface area contributed by atoms with Crippen molar-refractivity contribution in [1.82, 2.24) is 4.98 Å². The molecule has 0 fully saturated rings. The fourth-order valence-corrected chi connectivity index (χ4v) is 2.15. The van der Waals surface area contributed by atoms with Gasteiger partial charge in [-0.25, -0.2) is 4.98 Å². The Morgan fingerprint density at radius 3 is 2.59 bits per heavy atom. The molecule has 0 radical (unpaired) electrons. The van der Waals surface area contributed by atoms with Crippen molar-refractivity contribution in [3.8, 4) is 11.5 Å². The maximum atomic E-state index is 12.3. The molecule has 0 amide bonds. The van der Waals surface area contributed by atoms with Crippen LogP contribution < -0.4 is 4.74 Å². The molecule has 1 aromatic heterocycles. The van der Waals surface area contributed by atoms with Gasteiger partial charge in [0.1, 0.15) is 3.70 Å². The molecule has 1 unspecified atom stereocenters. The van der Waals surface area contributed by atoms with Crippen LogP contribution in [0.25, 0.3) is 0 Å². The van der Waals surface area contributed by atoms with E-state index in [0.29, 0.717) is 3.70 Å². The number of hydrogen-bond acceptors (Lipinski definition) is 4. The summed E-state index contributed by atoms with van der Waals surface area (Å²) in [5.74, 6) is -0.944. The van der Waals surface area contributed by atoms with Gasteiger partial charge in [0.25, 0.3) is 0 Å². The standard InChI is InChI=1S/C8H6BrF3INO3/c9-7-6(16)3(1-5(13)14-7)17-4(2-15)8(10,11)12/h1,4,15-16H,2H2. The van der Waals surface area contributed by atoms with E-state index in [-0.39, 0.29) is 4.60 Å². The lowest BCUT2D eigenvalue weighted by Crippen LogP contribution is -2.37. The van der Waals surface area contributed by atoms with Gasteiger partial charge in [-0.05, 0) is 38.5 Å². The lowest BCUT2D eigenvalue weighted by molar-refractivity contribution is -0.204. The van der Waals surface area contributed by atoms with Crippen LogP contribution in [0.4, 0.5) is 13.2 Å². The van der Waals surface area contributed by atoms with Crippen molar-refractivity contribution in [3.63, 3.8) is 0 Å². The summed E-state index contributed by atoms with van der Waals surface area (Å²) >= 11 is 4.62. The molecule has 0 saturated heterocycles. The largest absolute Gasteiger partial charge is 0.502 e. The van der Waals surface area contributed by atoms with E-state index in [4.69, 9.17) is 5.11 Å². The van der Waals surface area contributed by atoms with Crippen molar-refractivity contribution < 1.29 is 28.1 Å². The van der Waals surface area contributed by atoms with E-state index in [0.717, 1.165) is 6.07 Å². The number of halogens is 5. The molecule has 9 heteroatoms. The van der Waals surface area contributed by atoms with Crippen LogP contribution in [-0.2, 0) is 0 Å². The van der Waals surface area contributed by atoms with Crippen LogP contribution in [0.15, 0.2) is 10.7 Å². The van der Waals surface area contributed by atoms with E-state index in [1.54, 1.807) is 22.6 Å². The van der Waals surface area contributed by atoms with Crippen LogP contribution in [0.5, 0.6) is 11.5 Å². The number of aliphatic hydroxyl groups is 1. The van der Waals surface area contributed by atoms with E-state index < -0.39 is 30.4 Å². The van der Waals surface area contributed by atoms with Crippen LogP contribution in [0.1, 0.15) is 0 Å². The predicted molar refractivity (Wildman–Crippen MR) is 63.9 cm³/mol. The summed E-state index contributed by atoms with van der Waals surface area (Å²) in [6, 6.07) is 1.13. The van der Waals surface area contributed by atoms with Gasteiger partial charge in [-0.1, -0.05) is 0 Å². The summed E-state index contributed by atoms with van der Waals surface area (Å²) in [6.45, 7) is -1.24. The predicted octanol–water partition coefficient (Wildman–Crippen LogP) is 2.46. The Bertz CT molecular complexity index is 416. The Kier molecular flexibility index (Phi) is 4.84. The zero-order valence-corrected chi connectivity index (χ0v) is 11.7. The van der Waals surface area contributed by atoms with Crippen LogP contribution in [0.3, 0.4) is 0 Å². The van der Waals surface area contributed by atoms with Crippen LogP contribution in [0.2, 0.25) is 0 Å². The molecule has 0 aliphatic heterocycles. The van der Waals surface area contributed by atoms with Crippen molar-refractivity contribution in [2.75, 3.05) is 6.61 Å². The fourth-order valence-electron chi connectivity index (χ4n) is 0.908. The second kappa shape index (κ2) is 5.57. The first-order valence-electron chi connectivity index (χ1n) is 4.15. The molecule has 1 aromatic rings. The second-order valence-electron chi connectivity index (χ2n) is 2.91. The van der Waals surface area contributed by atoms with Crippen LogP contribution in [0, 0.1) is 3.70 Å². The van der Waals surface area contributed by atoms with Gasteiger partial charge < -0.3 is 14.9 Å². The topological polar surface area (TPSA) is 62.6 Å². The fraction of sp³-hybridized carbons (Fsp3) is 0.375. The number of aromatic hydroxyl groups is 1.